The van der Waals surface area contributed by atoms with Crippen LogP contribution < -0.4 is 21.9 Å². The standard InChI is InChI=1S/C19H29N5O10/c1-19(2,3)34-18(32)20-5-7-23(9-12(26)27)16(30)21-8-10-13(28)14(29)15(33-10)24-6-4-11(25)22-17(24)31/h4,6,10,13-15,28-29H,5,7-9H2,1-3H3,(H,20,32)(H,21,30)(H,26,27)(H,22,25,31)/t10-,13-,14-,15-/m1/s1. The molecule has 15 nitrogen and oxygen atoms in total. The minimum absolute atomic E-state index is 0.0892. The molecule has 2 heterocycles. The molecule has 6 N–H and O–H groups in total. The summed E-state index contributed by atoms with van der Waals surface area (Å²) in [6.45, 7) is 3.76. The number of carboxylic acids is 1. The van der Waals surface area contributed by atoms with Gasteiger partial charge in [0.25, 0.3) is 5.56 Å². The number of H-pyrrole nitrogens is 1. The molecule has 1 aromatic rings. The van der Waals surface area contributed by atoms with E-state index >= 15 is 0 Å². The molecule has 0 saturated carbocycles. The van der Waals surface area contributed by atoms with Crippen LogP contribution in [0.1, 0.15) is 27.0 Å². The number of carboxylic acid groups (broad SMARTS) is 1. The third-order valence-corrected chi connectivity index (χ3v) is 4.58. The molecule has 4 atom stereocenters. The molecule has 2 rings (SSSR count). The van der Waals surface area contributed by atoms with Crippen molar-refractivity contribution in [2.45, 2.75) is 50.9 Å². The maximum absolute atomic E-state index is 12.5. The number of aliphatic hydroxyl groups is 2. The number of nitrogens with zero attached hydrogens (tertiary/aromatic N) is 2. The highest BCUT2D eigenvalue weighted by Gasteiger charge is 2.44. The second-order valence-electron chi connectivity index (χ2n) is 8.49. The monoisotopic (exact) mass is 487 g/mol. The lowest BCUT2D eigenvalue weighted by atomic mass is 10.1. The number of carbonyl (C=O) groups excluding carboxylic acids is 2. The zero-order valence-electron chi connectivity index (χ0n) is 18.9. The normalized spacial score (nSPS) is 22.1. The molecule has 0 radical (unpaired) electrons. The molecular formula is C19H29N5O10. The number of aromatic nitrogens is 2. The largest absolute Gasteiger partial charge is 0.480 e. The number of nitrogens with one attached hydrogen (secondary N) is 3. The summed E-state index contributed by atoms with van der Waals surface area (Å²) in [4.78, 5) is 61.4. The van der Waals surface area contributed by atoms with Crippen LogP contribution in [0.15, 0.2) is 21.9 Å². The quantitative estimate of drug-likeness (QED) is 0.232. The van der Waals surface area contributed by atoms with E-state index in [1.165, 1.54) is 0 Å². The van der Waals surface area contributed by atoms with E-state index in [4.69, 9.17) is 14.6 Å². The summed E-state index contributed by atoms with van der Waals surface area (Å²) in [5.74, 6) is -1.29. The molecule has 0 bridgehead atoms. The zero-order valence-corrected chi connectivity index (χ0v) is 18.9. The van der Waals surface area contributed by atoms with Crippen molar-refractivity contribution in [3.63, 3.8) is 0 Å². The van der Waals surface area contributed by atoms with Crippen LogP contribution in [-0.2, 0) is 14.3 Å². The summed E-state index contributed by atoms with van der Waals surface area (Å²) in [7, 11) is 0. The van der Waals surface area contributed by atoms with Crippen molar-refractivity contribution in [3.8, 4) is 0 Å². The zero-order chi connectivity index (χ0) is 25.6. The van der Waals surface area contributed by atoms with Gasteiger partial charge in [0.05, 0.1) is 0 Å². The van der Waals surface area contributed by atoms with E-state index in [2.05, 4.69) is 10.6 Å². The lowest BCUT2D eigenvalue weighted by molar-refractivity contribution is -0.137. The third kappa shape index (κ3) is 7.57. The molecule has 0 aromatic carbocycles. The number of aromatic amines is 1. The van der Waals surface area contributed by atoms with Crippen molar-refractivity contribution in [2.75, 3.05) is 26.2 Å². The van der Waals surface area contributed by atoms with Gasteiger partial charge in [-0.05, 0) is 20.8 Å². The molecule has 1 aromatic heterocycles. The first-order valence-corrected chi connectivity index (χ1v) is 10.3. The smallest absolute Gasteiger partial charge is 0.407 e. The number of amides is 3. The van der Waals surface area contributed by atoms with Crippen LogP contribution in [0, 0.1) is 0 Å². The van der Waals surface area contributed by atoms with Crippen LogP contribution in [0.3, 0.4) is 0 Å². The van der Waals surface area contributed by atoms with Crippen molar-refractivity contribution in [1.29, 1.82) is 0 Å². The number of aliphatic carboxylic acids is 1. The molecule has 34 heavy (non-hydrogen) atoms. The Bertz CT molecular complexity index is 1000. The molecule has 0 spiro atoms. The van der Waals surface area contributed by atoms with Gasteiger partial charge in [-0.3, -0.25) is 19.1 Å². The molecule has 190 valence electrons. The highest BCUT2D eigenvalue weighted by molar-refractivity contribution is 5.80. The summed E-state index contributed by atoms with van der Waals surface area (Å²) >= 11 is 0. The van der Waals surface area contributed by atoms with E-state index in [-0.39, 0.29) is 19.6 Å². The Morgan fingerprint density at radius 1 is 1.21 bits per heavy atom. The van der Waals surface area contributed by atoms with Crippen LogP contribution in [-0.4, -0.2) is 98.0 Å². The first kappa shape index (κ1) is 26.8. The fraction of sp³-hybridized carbons (Fsp3) is 0.632. The Morgan fingerprint density at radius 2 is 1.88 bits per heavy atom. The van der Waals surface area contributed by atoms with Gasteiger partial charge in [-0.25, -0.2) is 14.4 Å². The summed E-state index contributed by atoms with van der Waals surface area (Å²) < 4.78 is 11.4. The van der Waals surface area contributed by atoms with Crippen molar-refractivity contribution in [1.82, 2.24) is 25.1 Å². The summed E-state index contributed by atoms with van der Waals surface area (Å²) in [5.41, 5.74) is -2.25. The topological polar surface area (TPSA) is 213 Å². The van der Waals surface area contributed by atoms with Crippen LogP contribution in [0.2, 0.25) is 0 Å². The van der Waals surface area contributed by atoms with Crippen LogP contribution in [0.5, 0.6) is 0 Å². The van der Waals surface area contributed by atoms with Crippen molar-refractivity contribution in [2.24, 2.45) is 0 Å². The molecule has 15 heteroatoms. The molecule has 1 fully saturated rings. The van der Waals surface area contributed by atoms with Gasteiger partial charge in [0.15, 0.2) is 6.23 Å². The number of ether oxygens (including phenoxy) is 2. The molecule has 0 unspecified atom stereocenters. The van der Waals surface area contributed by atoms with Gasteiger partial charge in [0.1, 0.15) is 30.5 Å². The fourth-order valence-corrected chi connectivity index (χ4v) is 3.08. The van der Waals surface area contributed by atoms with E-state index in [1.807, 2.05) is 4.98 Å². The highest BCUT2D eigenvalue weighted by atomic mass is 16.6. The number of aliphatic hydroxyl groups excluding tert-OH is 2. The van der Waals surface area contributed by atoms with Gasteiger partial charge >= 0.3 is 23.8 Å². The second kappa shape index (κ2) is 11.1. The molecule has 1 aliphatic heterocycles. The van der Waals surface area contributed by atoms with Gasteiger partial charge in [0.2, 0.25) is 0 Å². The molecule has 1 aliphatic rings. The van der Waals surface area contributed by atoms with E-state index in [0.717, 1.165) is 21.7 Å². The molecule has 0 aliphatic carbocycles. The van der Waals surface area contributed by atoms with Crippen molar-refractivity contribution < 1.29 is 39.2 Å². The van der Waals surface area contributed by atoms with Crippen LogP contribution >= 0.6 is 0 Å². The van der Waals surface area contributed by atoms with Gasteiger partial charge in [-0.15, -0.1) is 0 Å². The number of alkyl carbamates (subject to hydrolysis) is 1. The van der Waals surface area contributed by atoms with Crippen molar-refractivity contribution >= 4 is 18.1 Å². The Kier molecular flexibility index (Phi) is 8.78. The predicted octanol–water partition coefficient (Wildman–Crippen LogP) is -2.22. The molecule has 3 amide bonds. The minimum atomic E-state index is -1.54. The maximum Gasteiger partial charge on any atom is 0.407 e. The Balaban J connectivity index is 1.95. The summed E-state index contributed by atoms with van der Waals surface area (Å²) in [6.07, 6.45) is -5.15. The Morgan fingerprint density at radius 3 is 2.47 bits per heavy atom. The average molecular weight is 487 g/mol. The van der Waals surface area contributed by atoms with Gasteiger partial charge in [0, 0.05) is 31.9 Å². The highest BCUT2D eigenvalue weighted by Crippen LogP contribution is 2.27. The first-order chi connectivity index (χ1) is 15.8. The SMILES string of the molecule is CC(C)(C)OC(=O)NCCN(CC(=O)O)C(=O)NC[C@H]1O[C@@H](n2ccc(=O)[nH]c2=O)[C@H](O)[C@@H]1O. The maximum atomic E-state index is 12.5. The Hall–Kier alpha value is -3.43. The van der Waals surface area contributed by atoms with Gasteiger partial charge in [-0.2, -0.15) is 0 Å². The number of urea groups is 1. The third-order valence-electron chi connectivity index (χ3n) is 4.58. The second-order valence-corrected chi connectivity index (χ2v) is 8.49. The summed E-state index contributed by atoms with van der Waals surface area (Å²) in [5, 5.41) is 34.4. The molecular weight excluding hydrogens is 458 g/mol. The van der Waals surface area contributed by atoms with Crippen LogP contribution in [0.4, 0.5) is 9.59 Å². The van der Waals surface area contributed by atoms with E-state index in [1.54, 1.807) is 20.8 Å². The van der Waals surface area contributed by atoms with E-state index in [9.17, 15) is 34.2 Å². The van der Waals surface area contributed by atoms with Gasteiger partial charge in [-0.1, -0.05) is 0 Å². The van der Waals surface area contributed by atoms with E-state index in [0.29, 0.717) is 0 Å². The van der Waals surface area contributed by atoms with Crippen molar-refractivity contribution in [3.05, 3.63) is 33.1 Å². The number of rotatable bonds is 8. The fourth-order valence-electron chi connectivity index (χ4n) is 3.08. The number of hydrogen-bond donors (Lipinski definition) is 6. The predicted molar refractivity (Wildman–Crippen MR) is 114 cm³/mol. The summed E-state index contributed by atoms with van der Waals surface area (Å²) in [6, 6.07) is 0.206. The van der Waals surface area contributed by atoms with Crippen LogP contribution in [0.25, 0.3) is 0 Å². The van der Waals surface area contributed by atoms with Gasteiger partial charge < -0.3 is 40.3 Å². The average Bonchev–Trinajstić information content (AvgIpc) is 2.98. The van der Waals surface area contributed by atoms with E-state index < -0.39 is 66.0 Å². The molecule has 1 saturated heterocycles. The number of hydrogen-bond acceptors (Lipinski definition) is 9. The Labute approximate surface area is 193 Å². The lowest BCUT2D eigenvalue weighted by Gasteiger charge is -2.24. The minimum Gasteiger partial charge on any atom is -0.480 e. The lowest BCUT2D eigenvalue weighted by Crippen LogP contribution is -2.49. The number of carbonyl (C=O) groups is 3. The first-order valence-electron chi connectivity index (χ1n) is 10.3.